The van der Waals surface area contributed by atoms with Gasteiger partial charge in [-0.2, -0.15) is 0 Å². The van der Waals surface area contributed by atoms with Gasteiger partial charge in [0.1, 0.15) is 5.82 Å². The van der Waals surface area contributed by atoms with Crippen LogP contribution in [0.2, 0.25) is 5.02 Å². The van der Waals surface area contributed by atoms with Gasteiger partial charge in [-0.3, -0.25) is 0 Å². The smallest absolute Gasteiger partial charge is 0.123 e. The Hall–Kier alpha value is -1.38. The molecule has 1 nitrogen and oxygen atoms in total. The lowest BCUT2D eigenvalue weighted by Crippen LogP contribution is -2.22. The van der Waals surface area contributed by atoms with E-state index >= 15 is 0 Å². The van der Waals surface area contributed by atoms with Crippen LogP contribution in [0, 0.1) is 19.7 Å². The molecule has 0 amide bonds. The molecular formula is C18H21ClFN. The molecule has 0 spiro atoms. The third-order valence-corrected chi connectivity index (χ3v) is 3.90. The largest absolute Gasteiger partial charge is 0.310 e. The molecule has 2 aromatic carbocycles. The number of hydrogen-bond donors (Lipinski definition) is 1. The highest BCUT2D eigenvalue weighted by atomic mass is 35.5. The summed E-state index contributed by atoms with van der Waals surface area (Å²) in [6, 6.07) is 9.54. The Morgan fingerprint density at radius 3 is 2.29 bits per heavy atom. The molecule has 0 aliphatic heterocycles. The molecule has 0 aromatic heterocycles. The van der Waals surface area contributed by atoms with Crippen LogP contribution in [0.5, 0.6) is 0 Å². The van der Waals surface area contributed by atoms with Crippen LogP contribution in [0.25, 0.3) is 11.1 Å². The Morgan fingerprint density at radius 1 is 1.10 bits per heavy atom. The minimum atomic E-state index is -0.190. The normalized spacial score (nSPS) is 11.2. The zero-order valence-electron chi connectivity index (χ0n) is 12.9. The van der Waals surface area contributed by atoms with E-state index in [-0.39, 0.29) is 5.82 Å². The third-order valence-electron chi connectivity index (χ3n) is 3.53. The number of halogens is 2. The van der Waals surface area contributed by atoms with E-state index in [0.717, 1.165) is 39.4 Å². The highest BCUT2D eigenvalue weighted by Gasteiger charge is 2.10. The van der Waals surface area contributed by atoms with Crippen molar-refractivity contribution in [2.75, 3.05) is 0 Å². The van der Waals surface area contributed by atoms with E-state index in [2.05, 4.69) is 25.2 Å². The first-order valence-corrected chi connectivity index (χ1v) is 7.55. The summed E-state index contributed by atoms with van der Waals surface area (Å²) in [4.78, 5) is 0. The second kappa shape index (κ2) is 6.59. The van der Waals surface area contributed by atoms with Gasteiger partial charge >= 0.3 is 0 Å². The molecule has 0 atom stereocenters. The summed E-state index contributed by atoms with van der Waals surface area (Å²) in [5.41, 5.74) is 5.11. The van der Waals surface area contributed by atoms with Crippen molar-refractivity contribution >= 4 is 11.6 Å². The molecule has 0 aliphatic rings. The predicted molar refractivity (Wildman–Crippen MR) is 88.3 cm³/mol. The van der Waals surface area contributed by atoms with Gasteiger partial charge < -0.3 is 5.32 Å². The van der Waals surface area contributed by atoms with Crippen LogP contribution in [0.1, 0.15) is 30.5 Å². The maximum absolute atomic E-state index is 13.4. The number of nitrogens with one attached hydrogen (secondary N) is 1. The molecule has 0 aliphatic carbocycles. The molecule has 0 saturated heterocycles. The van der Waals surface area contributed by atoms with Crippen molar-refractivity contribution < 1.29 is 4.39 Å². The molecule has 0 bridgehead atoms. The molecule has 2 rings (SSSR count). The zero-order chi connectivity index (χ0) is 15.6. The monoisotopic (exact) mass is 305 g/mol. The van der Waals surface area contributed by atoms with Crippen LogP contribution in [-0.4, -0.2) is 6.04 Å². The highest BCUT2D eigenvalue weighted by molar-refractivity contribution is 6.31. The molecule has 0 radical (unpaired) electrons. The SMILES string of the molecule is Cc1cc(F)cc(C)c1-c1ccc(Cl)c(CNC(C)C)c1. The van der Waals surface area contributed by atoms with E-state index in [1.165, 1.54) is 0 Å². The highest BCUT2D eigenvalue weighted by Crippen LogP contribution is 2.31. The Labute approximate surface area is 131 Å². The maximum atomic E-state index is 13.4. The molecule has 21 heavy (non-hydrogen) atoms. The molecule has 0 unspecified atom stereocenters. The minimum absolute atomic E-state index is 0.190. The standard InChI is InChI=1S/C18H21ClFN/c1-11(2)21-10-15-9-14(5-6-17(15)19)18-12(3)7-16(20)8-13(18)4/h5-9,11,21H,10H2,1-4H3. The fourth-order valence-corrected chi connectivity index (χ4v) is 2.73. The molecule has 0 fully saturated rings. The summed E-state index contributed by atoms with van der Waals surface area (Å²) in [7, 11) is 0. The second-order valence-corrected chi connectivity index (χ2v) is 6.16. The molecule has 1 N–H and O–H groups in total. The summed E-state index contributed by atoms with van der Waals surface area (Å²) < 4.78 is 13.4. The lowest BCUT2D eigenvalue weighted by Gasteiger charge is -2.14. The van der Waals surface area contributed by atoms with Gasteiger partial charge in [-0.15, -0.1) is 0 Å². The fraction of sp³-hybridized carbons (Fsp3) is 0.333. The van der Waals surface area contributed by atoms with Crippen LogP contribution in [-0.2, 0) is 6.54 Å². The average molecular weight is 306 g/mol. The van der Waals surface area contributed by atoms with E-state index in [4.69, 9.17) is 11.6 Å². The Morgan fingerprint density at radius 2 is 1.71 bits per heavy atom. The predicted octanol–water partition coefficient (Wildman–Crippen LogP) is 5.26. The minimum Gasteiger partial charge on any atom is -0.310 e. The fourth-order valence-electron chi connectivity index (χ4n) is 2.55. The van der Waals surface area contributed by atoms with Gasteiger partial charge in [0.25, 0.3) is 0 Å². The summed E-state index contributed by atoms with van der Waals surface area (Å²) in [6.07, 6.45) is 0. The third kappa shape index (κ3) is 3.84. The molecular weight excluding hydrogens is 285 g/mol. The second-order valence-electron chi connectivity index (χ2n) is 5.76. The van der Waals surface area contributed by atoms with Gasteiger partial charge in [-0.1, -0.05) is 31.5 Å². The summed E-state index contributed by atoms with van der Waals surface area (Å²) >= 11 is 6.27. The van der Waals surface area contributed by atoms with Crippen molar-refractivity contribution in [3.8, 4) is 11.1 Å². The first-order valence-electron chi connectivity index (χ1n) is 7.17. The zero-order valence-corrected chi connectivity index (χ0v) is 13.7. The van der Waals surface area contributed by atoms with Gasteiger partial charge in [0.15, 0.2) is 0 Å². The number of benzene rings is 2. The topological polar surface area (TPSA) is 12.0 Å². The van der Waals surface area contributed by atoms with E-state index in [0.29, 0.717) is 6.04 Å². The number of aryl methyl sites for hydroxylation is 2. The number of hydrogen-bond acceptors (Lipinski definition) is 1. The Balaban J connectivity index is 2.44. The Kier molecular flexibility index (Phi) is 5.02. The molecule has 3 heteroatoms. The van der Waals surface area contributed by atoms with E-state index in [9.17, 15) is 4.39 Å². The summed E-state index contributed by atoms with van der Waals surface area (Å²) in [5.74, 6) is -0.190. The maximum Gasteiger partial charge on any atom is 0.123 e. The van der Waals surface area contributed by atoms with E-state index in [1.54, 1.807) is 12.1 Å². The lowest BCUT2D eigenvalue weighted by atomic mass is 9.94. The van der Waals surface area contributed by atoms with E-state index in [1.807, 2.05) is 26.0 Å². The van der Waals surface area contributed by atoms with Crippen LogP contribution in [0.4, 0.5) is 4.39 Å². The van der Waals surface area contributed by atoms with Crippen molar-refractivity contribution in [1.82, 2.24) is 5.32 Å². The molecule has 2 aromatic rings. The first-order chi connectivity index (χ1) is 9.88. The van der Waals surface area contributed by atoms with E-state index < -0.39 is 0 Å². The van der Waals surface area contributed by atoms with Crippen LogP contribution < -0.4 is 5.32 Å². The molecule has 112 valence electrons. The summed E-state index contributed by atoms with van der Waals surface area (Å²) in [5, 5.41) is 4.13. The molecule has 0 saturated carbocycles. The van der Waals surface area contributed by atoms with Gasteiger partial charge in [0, 0.05) is 17.6 Å². The van der Waals surface area contributed by atoms with Gasteiger partial charge in [0.05, 0.1) is 0 Å². The van der Waals surface area contributed by atoms with Crippen molar-refractivity contribution in [2.45, 2.75) is 40.3 Å². The van der Waals surface area contributed by atoms with Gasteiger partial charge in [-0.25, -0.2) is 4.39 Å². The summed E-state index contributed by atoms with van der Waals surface area (Å²) in [6.45, 7) is 8.81. The van der Waals surface area contributed by atoms with Crippen molar-refractivity contribution in [2.24, 2.45) is 0 Å². The van der Waals surface area contributed by atoms with Gasteiger partial charge in [-0.05, 0) is 65.9 Å². The lowest BCUT2D eigenvalue weighted by molar-refractivity contribution is 0.589. The van der Waals surface area contributed by atoms with Gasteiger partial charge in [0.2, 0.25) is 0 Å². The van der Waals surface area contributed by atoms with Crippen LogP contribution in [0.15, 0.2) is 30.3 Å². The first kappa shape index (κ1) is 16.0. The number of rotatable bonds is 4. The Bertz CT molecular complexity index is 627. The molecule has 0 heterocycles. The van der Waals surface area contributed by atoms with Crippen LogP contribution in [0.3, 0.4) is 0 Å². The van der Waals surface area contributed by atoms with Crippen molar-refractivity contribution in [3.05, 3.63) is 57.9 Å². The van der Waals surface area contributed by atoms with Crippen molar-refractivity contribution in [3.63, 3.8) is 0 Å². The average Bonchev–Trinajstić information content (AvgIpc) is 2.37. The van der Waals surface area contributed by atoms with Crippen LogP contribution >= 0.6 is 11.6 Å². The van der Waals surface area contributed by atoms with Crippen molar-refractivity contribution in [1.29, 1.82) is 0 Å². The quantitative estimate of drug-likeness (QED) is 0.812.